The highest BCUT2D eigenvalue weighted by atomic mass is 32.1. The summed E-state index contributed by atoms with van der Waals surface area (Å²) in [5.74, 6) is 6.17. The van der Waals surface area contributed by atoms with Gasteiger partial charge in [0.05, 0.1) is 54.6 Å². The highest BCUT2D eigenvalue weighted by Crippen LogP contribution is 2.39. The van der Waals surface area contributed by atoms with Gasteiger partial charge in [-0.1, -0.05) is 127 Å². The van der Waals surface area contributed by atoms with Crippen LogP contribution in [0.1, 0.15) is 78.6 Å². The van der Waals surface area contributed by atoms with Crippen LogP contribution in [0, 0.1) is 4.77 Å². The number of phenolic OH excluding ortho intramolecular Hbond substituents is 6. The number of aromatic amines is 1. The molecule has 0 bridgehead atoms. The van der Waals surface area contributed by atoms with Gasteiger partial charge in [-0.05, 0) is 120 Å². The van der Waals surface area contributed by atoms with Crippen LogP contribution in [0.25, 0.3) is 49.4 Å². The number of thiocarbonyl (C=S) groups is 2. The molecule has 23 heteroatoms. The van der Waals surface area contributed by atoms with E-state index >= 15 is 0 Å². The van der Waals surface area contributed by atoms with E-state index in [4.69, 9.17) is 44.5 Å². The Morgan fingerprint density at radius 2 is 1.02 bits per heavy atom. The number of hydrogen-bond donors (Lipinski definition) is 11. The van der Waals surface area contributed by atoms with Gasteiger partial charge in [-0.25, -0.2) is 5.84 Å². The molecule has 474 valence electrons. The second-order valence-corrected chi connectivity index (χ2v) is 20.1. The van der Waals surface area contributed by atoms with E-state index in [9.17, 15) is 40.2 Å². The van der Waals surface area contributed by atoms with Crippen LogP contribution in [-0.2, 0) is 25.7 Å². The molecule has 14 N–H and O–H groups in total. The van der Waals surface area contributed by atoms with Crippen molar-refractivity contribution in [1.29, 1.82) is 0 Å². The number of phenols is 6. The van der Waals surface area contributed by atoms with Gasteiger partial charge in [-0.2, -0.15) is 20.0 Å². The number of carbonyl (C=O) groups excluding carboxylic acids is 2. The van der Waals surface area contributed by atoms with Crippen molar-refractivity contribution in [3.05, 3.63) is 184 Å². The fourth-order valence-corrected chi connectivity index (χ4v) is 10.0. The quantitative estimate of drug-likeness (QED) is 0.0113. The van der Waals surface area contributed by atoms with Gasteiger partial charge in [-0.15, -0.1) is 0 Å². The second kappa shape index (κ2) is 34.9. The van der Waals surface area contributed by atoms with E-state index in [0.717, 1.165) is 72.6 Å². The fourth-order valence-electron chi connectivity index (χ4n) is 9.46. The molecule has 0 fully saturated rings. The number of aliphatic imine (C=N–C) groups is 1. The van der Waals surface area contributed by atoms with Gasteiger partial charge in [0.2, 0.25) is 0 Å². The van der Waals surface area contributed by atoms with Crippen LogP contribution in [0.4, 0.5) is 5.69 Å². The van der Waals surface area contributed by atoms with Gasteiger partial charge < -0.3 is 56.3 Å². The van der Waals surface area contributed by atoms with Crippen molar-refractivity contribution in [2.45, 2.75) is 61.3 Å². The topological polar surface area (TPSA) is 314 Å². The van der Waals surface area contributed by atoms with Crippen molar-refractivity contribution in [2.75, 3.05) is 27.9 Å². The minimum Gasteiger partial charge on any atom is -0.508 e. The number of hydrogen-bond acceptors (Lipinski definition) is 18. The van der Waals surface area contributed by atoms with Gasteiger partial charge in [0.25, 0.3) is 11.8 Å². The number of carbonyl (C=O) groups is 2. The molecule has 0 radical (unpaired) electrons. The monoisotopic (exact) mass is 1300 g/mol. The van der Waals surface area contributed by atoms with Crippen LogP contribution in [0.15, 0.2) is 151 Å². The summed E-state index contributed by atoms with van der Waals surface area (Å²) in [5, 5.41) is 77.3. The van der Waals surface area contributed by atoms with Crippen molar-refractivity contribution in [3.63, 3.8) is 0 Å². The summed E-state index contributed by atoms with van der Waals surface area (Å²) < 4.78 is 18.4. The number of fused-ring (bicyclic) bond motifs is 3. The predicted octanol–water partition coefficient (Wildman–Crippen LogP) is 14.2. The van der Waals surface area contributed by atoms with Crippen LogP contribution >= 0.6 is 46.6 Å². The summed E-state index contributed by atoms with van der Waals surface area (Å²) in [7, 11) is 4.94. The lowest BCUT2D eigenvalue weighted by Crippen LogP contribution is -2.30. The van der Waals surface area contributed by atoms with E-state index in [-0.39, 0.29) is 83.1 Å². The predicted molar refractivity (Wildman–Crippen MR) is 375 cm³/mol. The van der Waals surface area contributed by atoms with Gasteiger partial charge in [0.15, 0.2) is 10.6 Å². The Balaban J connectivity index is 0.000000323. The van der Waals surface area contributed by atoms with Crippen molar-refractivity contribution in [2.24, 2.45) is 10.8 Å². The molecule has 0 aliphatic rings. The molecular formula is C67H77N8O11PS3. The van der Waals surface area contributed by atoms with Gasteiger partial charge in [0.1, 0.15) is 51.7 Å². The van der Waals surface area contributed by atoms with Gasteiger partial charge >= 0.3 is 0 Å². The normalized spacial score (nSPS) is 10.0. The molecule has 1 heterocycles. The summed E-state index contributed by atoms with van der Waals surface area (Å²) >= 11 is 15.6. The Hall–Kier alpha value is -9.50. The first-order valence-electron chi connectivity index (χ1n) is 26.8. The maximum Gasteiger partial charge on any atom is 0.268 e. The van der Waals surface area contributed by atoms with Crippen molar-refractivity contribution >= 4 is 106 Å². The number of nitrogens with zero attached hydrogens (tertiary/aromatic N) is 3. The maximum absolute atomic E-state index is 12.5. The average Bonchev–Trinajstić information content (AvgIpc) is 1.51. The molecule has 1 unspecified atom stereocenters. The van der Waals surface area contributed by atoms with E-state index in [1.807, 2.05) is 135 Å². The Labute approximate surface area is 542 Å². The van der Waals surface area contributed by atoms with E-state index in [0.29, 0.717) is 63.4 Å². The number of aromatic hydroxyl groups is 6. The molecule has 0 saturated heterocycles. The third kappa shape index (κ3) is 17.2. The Morgan fingerprint density at radius 1 is 0.589 bits per heavy atom. The summed E-state index contributed by atoms with van der Waals surface area (Å²) in [4.78, 5) is 28.3. The van der Waals surface area contributed by atoms with E-state index in [1.54, 1.807) is 32.0 Å². The number of ether oxygens (including phenoxy) is 3. The van der Waals surface area contributed by atoms with Crippen LogP contribution in [0.5, 0.6) is 51.7 Å². The number of nitrogens with two attached hydrogens (primary N) is 1. The first-order valence-corrected chi connectivity index (χ1v) is 28.1. The third-order valence-corrected chi connectivity index (χ3v) is 14.5. The molecule has 0 spiro atoms. The highest BCUT2D eigenvalue weighted by Gasteiger charge is 2.21. The van der Waals surface area contributed by atoms with Crippen molar-refractivity contribution < 1.29 is 54.4 Å². The van der Waals surface area contributed by atoms with Crippen molar-refractivity contribution in [1.82, 2.24) is 31.7 Å². The molecule has 19 nitrogen and oxygen atoms in total. The molecule has 0 aliphatic heterocycles. The van der Waals surface area contributed by atoms with Gasteiger partial charge in [0, 0.05) is 63.0 Å². The van der Waals surface area contributed by atoms with Crippen LogP contribution in [-0.4, -0.2) is 95.1 Å². The number of methoxy groups -OCH3 is 3. The first kappa shape index (κ1) is 74.8. The zero-order chi connectivity index (χ0) is 62.2. The number of benzene rings is 9. The zero-order valence-electron chi connectivity index (χ0n) is 49.2. The zero-order valence-corrected chi connectivity index (χ0v) is 53.0. The molecule has 90 heavy (non-hydrogen) atoms. The number of isothiocyanates is 1. The largest absolute Gasteiger partial charge is 0.508 e. The molecule has 9 aromatic carbocycles. The molecule has 0 aliphatic carbocycles. The molecular weight excluding hydrogens is 1220 g/mol. The number of aryl methyl sites for hydroxylation is 3. The lowest BCUT2D eigenvalue weighted by atomic mass is 10.00. The summed E-state index contributed by atoms with van der Waals surface area (Å²) in [5.41, 5.74) is 7.17. The number of H-pyrrole nitrogens is 1. The summed E-state index contributed by atoms with van der Waals surface area (Å²) in [6.07, 6.45) is 2.27. The van der Waals surface area contributed by atoms with Crippen LogP contribution in [0.3, 0.4) is 0 Å². The molecule has 10 rings (SSSR count). The fraction of sp³-hybridized carbons (Fsp3) is 0.194. The molecule has 10 aromatic rings. The average molecular weight is 1300 g/mol. The highest BCUT2D eigenvalue weighted by molar-refractivity contribution is 7.80. The van der Waals surface area contributed by atoms with Crippen LogP contribution in [0.2, 0.25) is 0 Å². The standard InChI is InChI=1S/C23H23NO4S.C21H19N3O3S.C12H9NOS.C9H12N2O3.2CH4.H3N.H3P/c1-3-14-11-19(21(26)12-20(14)25)23(27)24-13-16(29)10-15-8-9-22(28-2)18-7-5-4-6-17(15)18;1-3-12-10-15(18(26)11-17(12)25)20-22-23-21(28)24(20)16-8-9-19(27-2)14-7-5-4-6-13(14)16;1-14-12-7-6-11(13-8-15)9-4-2-3-5-10(9)12;1-2-5-3-6(9(14)11-10)8(13)4-7(5)12;;;;/h4-9,11-12,25-26H,3,10,13H2,1-2H3,(H,24,27);4-11,25-26H,3H2,1-2H3,(H,23,28);2-7H,1H3;3-4,12-13H,2,10H2,1H3,(H,11,14);2*1H4;2*1H3. The van der Waals surface area contributed by atoms with E-state index in [2.05, 4.69) is 37.9 Å². The second-order valence-electron chi connectivity index (χ2n) is 19.0. The molecule has 2 amide bonds. The molecule has 1 atom stereocenters. The number of amides is 2. The van der Waals surface area contributed by atoms with Crippen molar-refractivity contribution in [3.8, 4) is 68.8 Å². The summed E-state index contributed by atoms with van der Waals surface area (Å²) in [6, 6.07) is 43.5. The molecule has 1 aromatic heterocycles. The first-order chi connectivity index (χ1) is 41.4. The number of rotatable bonds is 15. The number of aromatic nitrogens is 3. The number of hydrazine groups is 1. The Morgan fingerprint density at radius 3 is 1.52 bits per heavy atom. The number of nitrogen functional groups attached to an aromatic ring is 1. The minimum absolute atomic E-state index is 0. The lowest BCUT2D eigenvalue weighted by Gasteiger charge is -2.14. The summed E-state index contributed by atoms with van der Waals surface area (Å²) in [6.45, 7) is 5.83. The smallest absolute Gasteiger partial charge is 0.268 e. The Bertz CT molecular complexity index is 4270. The lowest BCUT2D eigenvalue weighted by molar-refractivity contribution is 0.0944. The van der Waals surface area contributed by atoms with E-state index in [1.165, 1.54) is 24.3 Å². The SMILES string of the molecule is C.C.CCc1cc(-c2n[nH]c(=S)n2-c2ccc(OC)c3ccccc23)c(O)cc1O.CCc1cc(C(=O)NCC(=S)Cc2ccc(OC)c3ccccc23)c(O)cc1O.CCc1cc(C(=O)NN)c(O)cc1O.COc1ccc(N=C=S)c2ccccc12.N.P. The minimum atomic E-state index is -0.586. The Kier molecular flexibility index (Phi) is 29.0. The van der Waals surface area contributed by atoms with Crippen LogP contribution < -0.4 is 36.9 Å². The van der Waals surface area contributed by atoms with Gasteiger partial charge in [-0.3, -0.25) is 24.7 Å². The molecule has 0 saturated carbocycles. The number of nitrogens with one attached hydrogen (secondary N) is 3. The maximum atomic E-state index is 12.5. The van der Waals surface area contributed by atoms with E-state index < -0.39 is 11.8 Å². The third-order valence-electron chi connectivity index (χ3n) is 13.9.